The van der Waals surface area contributed by atoms with Crippen LogP contribution in [0.4, 0.5) is 4.39 Å². The molecule has 4 nitrogen and oxygen atoms in total. The van der Waals surface area contributed by atoms with Gasteiger partial charge in [0, 0.05) is 19.5 Å². The number of hydrogen-bond acceptors (Lipinski definition) is 3. The topological polar surface area (TPSA) is 56.7 Å². The van der Waals surface area contributed by atoms with Crippen LogP contribution in [0.25, 0.3) is 0 Å². The van der Waals surface area contributed by atoms with E-state index in [0.29, 0.717) is 18.5 Å². The highest BCUT2D eigenvalue weighted by molar-refractivity contribution is 5.11. The molecule has 13 heavy (non-hydrogen) atoms. The van der Waals surface area contributed by atoms with Gasteiger partial charge in [0.1, 0.15) is 5.69 Å². The summed E-state index contributed by atoms with van der Waals surface area (Å²) in [6.07, 6.45) is 3.18. The Labute approximate surface area is 75.9 Å². The van der Waals surface area contributed by atoms with Gasteiger partial charge in [-0.15, -0.1) is 5.10 Å². The molecule has 0 radical (unpaired) electrons. The molecule has 0 aliphatic heterocycles. The highest BCUT2D eigenvalue weighted by Gasteiger charge is 2.41. The Balaban J connectivity index is 2.25. The van der Waals surface area contributed by atoms with Gasteiger partial charge in [-0.05, 0) is 12.8 Å². The predicted molar refractivity (Wildman–Crippen MR) is 45.6 cm³/mol. The quantitative estimate of drug-likeness (QED) is 0.691. The summed E-state index contributed by atoms with van der Waals surface area (Å²) < 4.78 is 15.6. The van der Waals surface area contributed by atoms with Crippen LogP contribution in [-0.4, -0.2) is 21.0 Å². The lowest BCUT2D eigenvalue weighted by Gasteiger charge is -2.14. The first-order valence-electron chi connectivity index (χ1n) is 4.41. The smallest absolute Gasteiger partial charge is 0.157 e. The first-order chi connectivity index (χ1) is 6.10. The number of halogens is 1. The van der Waals surface area contributed by atoms with Crippen molar-refractivity contribution in [3.05, 3.63) is 11.9 Å². The van der Waals surface area contributed by atoms with E-state index in [1.807, 2.05) is 0 Å². The number of nitrogens with zero attached hydrogens (tertiary/aromatic N) is 3. The molecule has 0 spiro atoms. The SMILES string of the molecule is Cn1cc(C2(F)CCC(N)C2)nn1. The highest BCUT2D eigenvalue weighted by Crippen LogP contribution is 2.40. The normalized spacial score (nSPS) is 33.9. The lowest BCUT2D eigenvalue weighted by molar-refractivity contribution is 0.166. The summed E-state index contributed by atoms with van der Waals surface area (Å²) in [6.45, 7) is 0. The number of alkyl halides is 1. The van der Waals surface area contributed by atoms with E-state index in [1.165, 1.54) is 4.68 Å². The molecule has 0 bridgehead atoms. The van der Waals surface area contributed by atoms with Crippen LogP contribution in [0.15, 0.2) is 6.20 Å². The van der Waals surface area contributed by atoms with Gasteiger partial charge in [-0.25, -0.2) is 4.39 Å². The van der Waals surface area contributed by atoms with Crippen LogP contribution in [-0.2, 0) is 12.7 Å². The molecule has 2 N–H and O–H groups in total. The Kier molecular flexibility index (Phi) is 1.83. The maximum Gasteiger partial charge on any atom is 0.157 e. The molecule has 5 heteroatoms. The summed E-state index contributed by atoms with van der Waals surface area (Å²) in [5.41, 5.74) is 4.74. The number of aromatic nitrogens is 3. The zero-order valence-electron chi connectivity index (χ0n) is 7.57. The van der Waals surface area contributed by atoms with E-state index in [2.05, 4.69) is 10.3 Å². The monoisotopic (exact) mass is 184 g/mol. The summed E-state index contributed by atoms with van der Waals surface area (Å²) >= 11 is 0. The van der Waals surface area contributed by atoms with Gasteiger partial charge in [-0.1, -0.05) is 5.21 Å². The fourth-order valence-corrected chi connectivity index (χ4v) is 1.82. The molecule has 1 saturated carbocycles. The van der Waals surface area contributed by atoms with Crippen molar-refractivity contribution in [1.82, 2.24) is 15.0 Å². The zero-order chi connectivity index (χ0) is 9.47. The van der Waals surface area contributed by atoms with Gasteiger partial charge >= 0.3 is 0 Å². The Morgan fingerprint density at radius 1 is 1.77 bits per heavy atom. The van der Waals surface area contributed by atoms with Gasteiger partial charge in [0.15, 0.2) is 5.67 Å². The molecule has 2 rings (SSSR count). The zero-order valence-corrected chi connectivity index (χ0v) is 7.57. The van der Waals surface area contributed by atoms with E-state index in [1.54, 1.807) is 13.2 Å². The second kappa shape index (κ2) is 2.77. The minimum Gasteiger partial charge on any atom is -0.328 e. The minimum absolute atomic E-state index is 0.0352. The fraction of sp³-hybridized carbons (Fsp3) is 0.750. The van der Waals surface area contributed by atoms with Gasteiger partial charge in [0.2, 0.25) is 0 Å². The van der Waals surface area contributed by atoms with E-state index < -0.39 is 5.67 Å². The Bertz CT molecular complexity index is 311. The fourth-order valence-electron chi connectivity index (χ4n) is 1.82. The Morgan fingerprint density at radius 3 is 3.00 bits per heavy atom. The maximum absolute atomic E-state index is 14.1. The van der Waals surface area contributed by atoms with Gasteiger partial charge in [-0.3, -0.25) is 4.68 Å². The van der Waals surface area contributed by atoms with Crippen LogP contribution >= 0.6 is 0 Å². The van der Waals surface area contributed by atoms with Gasteiger partial charge in [-0.2, -0.15) is 0 Å². The summed E-state index contributed by atoms with van der Waals surface area (Å²) in [5.74, 6) is 0. The van der Waals surface area contributed by atoms with Gasteiger partial charge in [0.25, 0.3) is 0 Å². The van der Waals surface area contributed by atoms with Crippen LogP contribution in [0, 0.1) is 0 Å². The van der Waals surface area contributed by atoms with Crippen molar-refractivity contribution in [3.63, 3.8) is 0 Å². The third-order valence-corrected chi connectivity index (χ3v) is 2.56. The molecule has 1 heterocycles. The number of rotatable bonds is 1. The molecule has 72 valence electrons. The van der Waals surface area contributed by atoms with Crippen molar-refractivity contribution in [2.24, 2.45) is 12.8 Å². The van der Waals surface area contributed by atoms with Gasteiger partial charge < -0.3 is 5.73 Å². The molecule has 0 aromatic carbocycles. The van der Waals surface area contributed by atoms with Crippen molar-refractivity contribution >= 4 is 0 Å². The van der Waals surface area contributed by atoms with E-state index in [4.69, 9.17) is 5.73 Å². The molecular weight excluding hydrogens is 171 g/mol. The molecule has 0 amide bonds. The van der Waals surface area contributed by atoms with Crippen LogP contribution in [0.1, 0.15) is 25.0 Å². The van der Waals surface area contributed by atoms with Crippen LogP contribution < -0.4 is 5.73 Å². The Morgan fingerprint density at radius 2 is 2.54 bits per heavy atom. The molecule has 2 atom stereocenters. The van der Waals surface area contributed by atoms with Crippen molar-refractivity contribution in [1.29, 1.82) is 0 Å². The third-order valence-electron chi connectivity index (χ3n) is 2.56. The maximum atomic E-state index is 14.1. The molecule has 0 saturated heterocycles. The van der Waals surface area contributed by atoms with E-state index in [9.17, 15) is 4.39 Å². The van der Waals surface area contributed by atoms with Crippen molar-refractivity contribution < 1.29 is 4.39 Å². The van der Waals surface area contributed by atoms with Crippen LogP contribution in [0.5, 0.6) is 0 Å². The summed E-state index contributed by atoms with van der Waals surface area (Å²) in [6, 6.07) is -0.0352. The predicted octanol–water partition coefficient (Wildman–Crippen LogP) is 0.491. The Hall–Kier alpha value is -0.970. The first kappa shape index (κ1) is 8.62. The van der Waals surface area contributed by atoms with E-state index in [-0.39, 0.29) is 6.04 Å². The molecular formula is C8H13FN4. The minimum atomic E-state index is -1.34. The first-order valence-corrected chi connectivity index (χ1v) is 4.41. The summed E-state index contributed by atoms with van der Waals surface area (Å²) in [7, 11) is 1.73. The lowest BCUT2D eigenvalue weighted by Crippen LogP contribution is -2.21. The van der Waals surface area contributed by atoms with Crippen LogP contribution in [0.2, 0.25) is 0 Å². The summed E-state index contributed by atoms with van der Waals surface area (Å²) in [4.78, 5) is 0. The highest BCUT2D eigenvalue weighted by atomic mass is 19.1. The second-order valence-electron chi connectivity index (χ2n) is 3.75. The average molecular weight is 184 g/mol. The molecule has 1 aromatic heterocycles. The van der Waals surface area contributed by atoms with E-state index >= 15 is 0 Å². The number of nitrogens with two attached hydrogens (primary N) is 1. The van der Waals surface area contributed by atoms with Crippen molar-refractivity contribution in [2.75, 3.05) is 0 Å². The van der Waals surface area contributed by atoms with Gasteiger partial charge in [0.05, 0.1) is 6.20 Å². The third kappa shape index (κ3) is 1.44. The molecule has 1 aromatic rings. The standard InChI is InChI=1S/C8H13FN4/c1-13-5-7(11-12-13)8(9)3-2-6(10)4-8/h5-6H,2-4,10H2,1H3. The molecule has 1 aliphatic rings. The largest absolute Gasteiger partial charge is 0.328 e. The average Bonchev–Trinajstić information content (AvgIpc) is 2.60. The summed E-state index contributed by atoms with van der Waals surface area (Å²) in [5, 5.41) is 7.50. The number of aryl methyl sites for hydroxylation is 1. The molecule has 2 unspecified atom stereocenters. The van der Waals surface area contributed by atoms with Crippen molar-refractivity contribution in [3.8, 4) is 0 Å². The second-order valence-corrected chi connectivity index (χ2v) is 3.75. The molecule has 1 aliphatic carbocycles. The molecule has 1 fully saturated rings. The lowest BCUT2D eigenvalue weighted by atomic mass is 10.0. The van der Waals surface area contributed by atoms with Crippen molar-refractivity contribution in [2.45, 2.75) is 31.0 Å². The van der Waals surface area contributed by atoms with Crippen LogP contribution in [0.3, 0.4) is 0 Å². The number of hydrogen-bond donors (Lipinski definition) is 1. The van der Waals surface area contributed by atoms with E-state index in [0.717, 1.165) is 6.42 Å².